The summed E-state index contributed by atoms with van der Waals surface area (Å²) in [6.45, 7) is 0. The Kier molecular flexibility index (Phi) is 5.48. The van der Waals surface area contributed by atoms with Gasteiger partial charge in [-0.25, -0.2) is 8.42 Å². The molecule has 1 aromatic heterocycles. The molecule has 27 heavy (non-hydrogen) atoms. The van der Waals surface area contributed by atoms with Gasteiger partial charge in [0.05, 0.1) is 18.5 Å². The molecule has 1 heterocycles. The molecule has 0 bridgehead atoms. The van der Waals surface area contributed by atoms with Gasteiger partial charge < -0.3 is 10.1 Å². The van der Waals surface area contributed by atoms with E-state index in [9.17, 15) is 13.2 Å². The number of hydrogen-bond donors (Lipinski definition) is 1. The second-order valence-corrected chi connectivity index (χ2v) is 8.43. The van der Waals surface area contributed by atoms with Crippen LogP contribution in [0.15, 0.2) is 70.9 Å². The summed E-state index contributed by atoms with van der Waals surface area (Å²) in [5.74, 6) is -0.0113. The first-order valence-corrected chi connectivity index (χ1v) is 10.3. The first kappa shape index (κ1) is 18.9. The first-order chi connectivity index (χ1) is 12.9. The molecule has 0 spiro atoms. The van der Waals surface area contributed by atoms with E-state index in [1.807, 2.05) is 0 Å². The number of rotatable bonds is 6. The zero-order chi connectivity index (χ0) is 19.4. The van der Waals surface area contributed by atoms with Gasteiger partial charge >= 0.3 is 0 Å². The molecule has 0 fully saturated rings. The molecule has 3 aromatic rings. The number of carbonyl (C=O) groups excluding carboxylic acids is 1. The molecule has 0 aliphatic carbocycles. The largest absolute Gasteiger partial charge is 0.495 e. The second-order valence-electron chi connectivity index (χ2n) is 5.58. The minimum absolute atomic E-state index is 0.0359. The van der Waals surface area contributed by atoms with E-state index < -0.39 is 15.9 Å². The van der Waals surface area contributed by atoms with E-state index in [1.54, 1.807) is 60.0 Å². The zero-order valence-electron chi connectivity index (χ0n) is 14.7. The highest BCUT2D eigenvalue weighted by atomic mass is 32.2. The fourth-order valence-electron chi connectivity index (χ4n) is 2.52. The summed E-state index contributed by atoms with van der Waals surface area (Å²) in [5, 5.41) is 4.30. The number of methoxy groups -OCH3 is 1. The smallest absolute Gasteiger partial charge is 0.267 e. The van der Waals surface area contributed by atoms with Crippen LogP contribution in [0.5, 0.6) is 5.75 Å². The van der Waals surface area contributed by atoms with Gasteiger partial charge in [0.2, 0.25) is 0 Å². The number of para-hydroxylation sites is 3. The van der Waals surface area contributed by atoms with Gasteiger partial charge in [0.25, 0.3) is 15.9 Å². The maximum atomic E-state index is 13.0. The van der Waals surface area contributed by atoms with Crippen LogP contribution >= 0.6 is 11.3 Å². The van der Waals surface area contributed by atoms with E-state index in [2.05, 4.69) is 5.32 Å². The lowest BCUT2D eigenvalue weighted by Gasteiger charge is -2.19. The summed E-state index contributed by atoms with van der Waals surface area (Å²) in [6, 6.07) is 17.1. The molecule has 0 aliphatic heterocycles. The van der Waals surface area contributed by atoms with E-state index in [0.717, 1.165) is 15.6 Å². The summed E-state index contributed by atoms with van der Waals surface area (Å²) < 4.78 is 32.4. The Morgan fingerprint density at radius 3 is 2.41 bits per heavy atom. The van der Waals surface area contributed by atoms with Gasteiger partial charge in [0.15, 0.2) is 0 Å². The van der Waals surface area contributed by atoms with Crippen molar-refractivity contribution in [1.82, 2.24) is 0 Å². The van der Waals surface area contributed by atoms with E-state index in [4.69, 9.17) is 4.74 Å². The molecule has 0 aliphatic rings. The Labute approximate surface area is 162 Å². The van der Waals surface area contributed by atoms with Crippen molar-refractivity contribution in [2.24, 2.45) is 0 Å². The Bertz CT molecular complexity index is 1050. The number of thiophene rings is 1. The topological polar surface area (TPSA) is 75.7 Å². The van der Waals surface area contributed by atoms with Crippen LogP contribution in [-0.4, -0.2) is 28.5 Å². The molecule has 0 saturated carbocycles. The van der Waals surface area contributed by atoms with Gasteiger partial charge in [-0.1, -0.05) is 30.3 Å². The fraction of sp³-hybridized carbons (Fsp3) is 0.105. The number of carbonyl (C=O) groups is 1. The number of nitrogens with one attached hydrogen (secondary N) is 1. The minimum Gasteiger partial charge on any atom is -0.495 e. The number of hydrogen-bond acceptors (Lipinski definition) is 5. The highest BCUT2D eigenvalue weighted by Gasteiger charge is 2.28. The number of amides is 1. The molecular weight excluding hydrogens is 384 g/mol. The zero-order valence-corrected chi connectivity index (χ0v) is 16.4. The molecule has 3 rings (SSSR count). The predicted octanol–water partition coefficient (Wildman–Crippen LogP) is 3.83. The first-order valence-electron chi connectivity index (χ1n) is 8.01. The molecule has 1 amide bonds. The second kappa shape index (κ2) is 7.81. The van der Waals surface area contributed by atoms with Crippen LogP contribution in [0.25, 0.3) is 0 Å². The molecule has 8 heteroatoms. The van der Waals surface area contributed by atoms with Crippen molar-refractivity contribution in [2.45, 2.75) is 4.90 Å². The molecule has 1 N–H and O–H groups in total. The Balaban J connectivity index is 1.92. The Morgan fingerprint density at radius 1 is 1.04 bits per heavy atom. The van der Waals surface area contributed by atoms with Crippen LogP contribution in [0.1, 0.15) is 9.67 Å². The molecule has 140 valence electrons. The molecule has 0 unspecified atom stereocenters. The molecular formula is C19H18N2O4S2. The van der Waals surface area contributed by atoms with Crippen molar-refractivity contribution in [1.29, 1.82) is 0 Å². The molecule has 0 saturated heterocycles. The van der Waals surface area contributed by atoms with E-state index >= 15 is 0 Å². The maximum Gasteiger partial charge on any atom is 0.267 e. The normalized spacial score (nSPS) is 11.0. The quantitative estimate of drug-likeness (QED) is 0.680. The lowest BCUT2D eigenvalue weighted by Crippen LogP contribution is -2.28. The van der Waals surface area contributed by atoms with Crippen molar-refractivity contribution in [2.75, 3.05) is 23.8 Å². The third kappa shape index (κ3) is 3.81. The minimum atomic E-state index is -3.88. The number of sulfonamides is 1. The monoisotopic (exact) mass is 402 g/mol. The van der Waals surface area contributed by atoms with Crippen LogP contribution in [-0.2, 0) is 10.0 Å². The van der Waals surface area contributed by atoms with Crippen molar-refractivity contribution < 1.29 is 17.9 Å². The van der Waals surface area contributed by atoms with Gasteiger partial charge in [-0.05, 0) is 35.7 Å². The number of anilines is 2. The third-order valence-electron chi connectivity index (χ3n) is 3.95. The summed E-state index contributed by atoms with van der Waals surface area (Å²) in [5.41, 5.74) is 0.984. The summed E-state index contributed by atoms with van der Waals surface area (Å²) >= 11 is 1.07. The molecule has 2 aromatic carbocycles. The third-order valence-corrected chi connectivity index (χ3v) is 6.82. The van der Waals surface area contributed by atoms with Gasteiger partial charge in [0, 0.05) is 7.05 Å². The van der Waals surface area contributed by atoms with Crippen molar-refractivity contribution in [3.8, 4) is 5.75 Å². The SMILES string of the molecule is COc1ccccc1NC(=O)c1sccc1S(=O)(=O)N(C)c1ccccc1. The van der Waals surface area contributed by atoms with Crippen molar-refractivity contribution >= 4 is 38.6 Å². The van der Waals surface area contributed by atoms with E-state index in [1.165, 1.54) is 20.2 Å². The standard InChI is InChI=1S/C19H18N2O4S2/c1-21(14-8-4-3-5-9-14)27(23,24)17-12-13-26-18(17)19(22)20-15-10-6-7-11-16(15)25-2/h3-13H,1-2H3,(H,20,22). The fourth-order valence-corrected chi connectivity index (χ4v) is 5.01. The lowest BCUT2D eigenvalue weighted by atomic mass is 10.3. The van der Waals surface area contributed by atoms with Crippen LogP contribution in [0.3, 0.4) is 0 Å². The summed E-state index contributed by atoms with van der Waals surface area (Å²) in [4.78, 5) is 12.8. The van der Waals surface area contributed by atoms with E-state index in [0.29, 0.717) is 17.1 Å². The van der Waals surface area contributed by atoms with Gasteiger partial charge in [-0.15, -0.1) is 11.3 Å². The molecule has 0 radical (unpaired) electrons. The van der Waals surface area contributed by atoms with Crippen molar-refractivity contribution in [3.05, 3.63) is 70.9 Å². The highest BCUT2D eigenvalue weighted by molar-refractivity contribution is 7.93. The van der Waals surface area contributed by atoms with Crippen LogP contribution in [0.2, 0.25) is 0 Å². The van der Waals surface area contributed by atoms with Gasteiger partial charge in [-0.3, -0.25) is 9.10 Å². The molecule has 6 nitrogen and oxygen atoms in total. The average molecular weight is 402 g/mol. The van der Waals surface area contributed by atoms with Gasteiger partial charge in [-0.2, -0.15) is 0 Å². The summed E-state index contributed by atoms with van der Waals surface area (Å²) in [7, 11) is -0.917. The van der Waals surface area contributed by atoms with Crippen LogP contribution in [0.4, 0.5) is 11.4 Å². The Hall–Kier alpha value is -2.84. The van der Waals surface area contributed by atoms with Crippen molar-refractivity contribution in [3.63, 3.8) is 0 Å². The Morgan fingerprint density at radius 2 is 1.70 bits per heavy atom. The van der Waals surface area contributed by atoms with E-state index in [-0.39, 0.29) is 9.77 Å². The average Bonchev–Trinajstić information content (AvgIpc) is 3.19. The summed E-state index contributed by atoms with van der Waals surface area (Å²) in [6.07, 6.45) is 0. The maximum absolute atomic E-state index is 13.0. The number of ether oxygens (including phenoxy) is 1. The number of benzene rings is 2. The van der Waals surface area contributed by atoms with Crippen LogP contribution < -0.4 is 14.4 Å². The molecule has 0 atom stereocenters. The predicted molar refractivity (Wildman–Crippen MR) is 107 cm³/mol. The van der Waals surface area contributed by atoms with Gasteiger partial charge in [0.1, 0.15) is 15.5 Å². The van der Waals surface area contributed by atoms with Crippen LogP contribution in [0, 0.1) is 0 Å². The highest BCUT2D eigenvalue weighted by Crippen LogP contribution is 2.30. The lowest BCUT2D eigenvalue weighted by molar-refractivity contribution is 0.102. The number of nitrogens with zero attached hydrogens (tertiary/aromatic N) is 1.